The van der Waals surface area contributed by atoms with E-state index in [0.29, 0.717) is 10.6 Å². The molecule has 0 saturated heterocycles. The Morgan fingerprint density at radius 3 is 2.50 bits per heavy atom. The molecule has 2 N–H and O–H groups in total. The summed E-state index contributed by atoms with van der Waals surface area (Å²) in [7, 11) is 0. The van der Waals surface area contributed by atoms with E-state index in [1.54, 1.807) is 6.07 Å². The highest BCUT2D eigenvalue weighted by atomic mass is 35.5. The van der Waals surface area contributed by atoms with Gasteiger partial charge in [-0.3, -0.25) is 4.79 Å². The summed E-state index contributed by atoms with van der Waals surface area (Å²) in [6, 6.07) is 5.48. The molecule has 0 radical (unpaired) electrons. The summed E-state index contributed by atoms with van der Waals surface area (Å²) in [4.78, 5) is 11.0. The number of nitrogens with two attached hydrogens (primary N) is 1. The van der Waals surface area contributed by atoms with Crippen LogP contribution in [0.5, 0.6) is 0 Å². The summed E-state index contributed by atoms with van der Waals surface area (Å²) in [5.41, 5.74) is 6.82. The van der Waals surface area contributed by atoms with Crippen LogP contribution in [0.15, 0.2) is 18.2 Å². The Bertz CT molecular complexity index is 399. The quantitative estimate of drug-likeness (QED) is 0.859. The Balaban J connectivity index is 3.10. The fourth-order valence-corrected chi connectivity index (χ4v) is 2.18. The van der Waals surface area contributed by atoms with Crippen molar-refractivity contribution in [3.63, 3.8) is 0 Å². The lowest BCUT2D eigenvalue weighted by Crippen LogP contribution is -2.18. The number of halogens is 1. The molecule has 0 aliphatic rings. The van der Waals surface area contributed by atoms with E-state index in [2.05, 4.69) is 20.8 Å². The molecule has 1 amide bonds. The monoisotopic (exact) mass is 239 g/mol. The van der Waals surface area contributed by atoms with E-state index >= 15 is 0 Å². The third kappa shape index (κ3) is 2.76. The summed E-state index contributed by atoms with van der Waals surface area (Å²) in [5, 5.41) is 0.439. The van der Waals surface area contributed by atoms with Crippen LogP contribution in [0, 0.1) is 0 Å². The summed E-state index contributed by atoms with van der Waals surface area (Å²) in [5.74, 6) is -0.482. The van der Waals surface area contributed by atoms with E-state index in [1.165, 1.54) is 0 Å². The van der Waals surface area contributed by atoms with E-state index in [1.807, 2.05) is 12.1 Å². The first-order valence-corrected chi connectivity index (χ1v) is 5.86. The van der Waals surface area contributed by atoms with Crippen LogP contribution in [-0.4, -0.2) is 5.91 Å². The molecule has 0 atom stereocenters. The Labute approximate surface area is 102 Å². The lowest BCUT2D eigenvalue weighted by molar-refractivity contribution is 0.100. The number of hydrogen-bond acceptors (Lipinski definition) is 1. The topological polar surface area (TPSA) is 43.1 Å². The van der Waals surface area contributed by atoms with E-state index in [-0.39, 0.29) is 5.41 Å². The van der Waals surface area contributed by atoms with Crippen molar-refractivity contribution in [3.05, 3.63) is 34.3 Å². The minimum Gasteiger partial charge on any atom is -0.366 e. The molecular weight excluding hydrogens is 222 g/mol. The lowest BCUT2D eigenvalue weighted by Gasteiger charge is -2.25. The molecule has 0 heterocycles. The van der Waals surface area contributed by atoms with Crippen molar-refractivity contribution in [3.8, 4) is 0 Å². The molecule has 88 valence electrons. The highest BCUT2D eigenvalue weighted by Gasteiger charge is 2.20. The average Bonchev–Trinajstić information content (AvgIpc) is 2.16. The molecule has 1 aromatic rings. The van der Waals surface area contributed by atoms with Crippen LogP contribution in [0.25, 0.3) is 0 Å². The minimum absolute atomic E-state index is 0.0779. The Morgan fingerprint density at radius 1 is 1.44 bits per heavy atom. The van der Waals surface area contributed by atoms with Crippen LogP contribution in [0.1, 0.15) is 49.5 Å². The fraction of sp³-hybridized carbons (Fsp3) is 0.462. The van der Waals surface area contributed by atoms with Gasteiger partial charge in [0.2, 0.25) is 5.91 Å². The maximum Gasteiger partial charge on any atom is 0.250 e. The third-order valence-corrected chi connectivity index (χ3v) is 3.20. The normalized spacial score (nSPS) is 11.5. The first-order chi connectivity index (χ1) is 7.38. The van der Waals surface area contributed by atoms with Gasteiger partial charge in [0.1, 0.15) is 0 Å². The summed E-state index contributed by atoms with van der Waals surface area (Å²) in [6.45, 7) is 6.50. The number of primary amides is 1. The summed E-state index contributed by atoms with van der Waals surface area (Å²) < 4.78 is 0. The molecule has 0 unspecified atom stereocenters. The molecule has 1 rings (SSSR count). The van der Waals surface area contributed by atoms with Gasteiger partial charge in [-0.2, -0.15) is 0 Å². The molecule has 3 heteroatoms. The third-order valence-electron chi connectivity index (χ3n) is 2.89. The molecule has 0 aromatic heterocycles. The number of carbonyl (C=O) groups is 1. The van der Waals surface area contributed by atoms with Crippen LogP contribution in [0.2, 0.25) is 5.02 Å². The van der Waals surface area contributed by atoms with Crippen molar-refractivity contribution in [1.29, 1.82) is 0 Å². The highest BCUT2D eigenvalue weighted by molar-refractivity contribution is 6.33. The molecule has 0 saturated carbocycles. The molecule has 1 aromatic carbocycles. The van der Waals surface area contributed by atoms with Crippen LogP contribution in [-0.2, 0) is 5.41 Å². The van der Waals surface area contributed by atoms with Gasteiger partial charge in [-0.15, -0.1) is 0 Å². The molecule has 16 heavy (non-hydrogen) atoms. The van der Waals surface area contributed by atoms with Gasteiger partial charge in [0, 0.05) is 0 Å². The largest absolute Gasteiger partial charge is 0.366 e. The second kappa shape index (κ2) is 4.88. The maximum absolute atomic E-state index is 11.0. The lowest BCUT2D eigenvalue weighted by atomic mass is 9.80. The molecule has 2 nitrogen and oxygen atoms in total. The van der Waals surface area contributed by atoms with Crippen molar-refractivity contribution in [2.24, 2.45) is 5.73 Å². The van der Waals surface area contributed by atoms with Gasteiger partial charge >= 0.3 is 0 Å². The Morgan fingerprint density at radius 2 is 2.06 bits per heavy atom. The standard InChI is InChI=1S/C13H18ClNO/c1-4-7-13(2,3)9-5-6-10(12(15)16)11(14)8-9/h5-6,8H,4,7H2,1-3H3,(H2,15,16). The zero-order chi connectivity index (χ0) is 12.3. The van der Waals surface area contributed by atoms with Crippen molar-refractivity contribution in [2.45, 2.75) is 39.0 Å². The van der Waals surface area contributed by atoms with E-state index < -0.39 is 5.91 Å². The zero-order valence-corrected chi connectivity index (χ0v) is 10.8. The molecule has 0 aliphatic carbocycles. The van der Waals surface area contributed by atoms with Crippen molar-refractivity contribution < 1.29 is 4.79 Å². The smallest absolute Gasteiger partial charge is 0.250 e. The number of benzene rings is 1. The van der Waals surface area contributed by atoms with Crippen molar-refractivity contribution in [2.75, 3.05) is 0 Å². The molecule has 0 spiro atoms. The van der Waals surface area contributed by atoms with Crippen LogP contribution in [0.4, 0.5) is 0 Å². The molecular formula is C13H18ClNO. The number of hydrogen-bond donors (Lipinski definition) is 1. The maximum atomic E-state index is 11.0. The summed E-state index contributed by atoms with van der Waals surface area (Å²) >= 11 is 6.03. The number of rotatable bonds is 4. The minimum atomic E-state index is -0.482. The first-order valence-electron chi connectivity index (χ1n) is 5.48. The number of amides is 1. The van der Waals surface area contributed by atoms with E-state index in [0.717, 1.165) is 18.4 Å². The van der Waals surface area contributed by atoms with Crippen LogP contribution < -0.4 is 5.73 Å². The van der Waals surface area contributed by atoms with Crippen LogP contribution in [0.3, 0.4) is 0 Å². The van der Waals surface area contributed by atoms with Gasteiger partial charge in [-0.1, -0.05) is 44.9 Å². The average molecular weight is 240 g/mol. The van der Waals surface area contributed by atoms with E-state index in [4.69, 9.17) is 17.3 Å². The Kier molecular flexibility index (Phi) is 3.98. The van der Waals surface area contributed by atoms with Crippen LogP contribution >= 0.6 is 11.6 Å². The fourth-order valence-electron chi connectivity index (χ4n) is 1.91. The predicted molar refractivity (Wildman–Crippen MR) is 67.9 cm³/mol. The highest BCUT2D eigenvalue weighted by Crippen LogP contribution is 2.31. The van der Waals surface area contributed by atoms with E-state index in [9.17, 15) is 4.79 Å². The second-order valence-corrected chi connectivity index (χ2v) is 5.10. The van der Waals surface area contributed by atoms with Crippen molar-refractivity contribution >= 4 is 17.5 Å². The second-order valence-electron chi connectivity index (χ2n) is 4.69. The van der Waals surface area contributed by atoms with Gasteiger partial charge in [-0.25, -0.2) is 0 Å². The zero-order valence-electron chi connectivity index (χ0n) is 10.0. The van der Waals surface area contributed by atoms with Gasteiger partial charge < -0.3 is 5.73 Å². The molecule has 0 aliphatic heterocycles. The Hall–Kier alpha value is -1.02. The summed E-state index contributed by atoms with van der Waals surface area (Å²) in [6.07, 6.45) is 2.20. The van der Waals surface area contributed by atoms with Gasteiger partial charge in [-0.05, 0) is 29.5 Å². The predicted octanol–water partition coefficient (Wildman–Crippen LogP) is 3.52. The number of carbonyl (C=O) groups excluding carboxylic acids is 1. The SMILES string of the molecule is CCCC(C)(C)c1ccc(C(N)=O)c(Cl)c1. The van der Waals surface area contributed by atoms with Gasteiger partial charge in [0.25, 0.3) is 0 Å². The molecule has 0 bridgehead atoms. The van der Waals surface area contributed by atoms with Crippen molar-refractivity contribution in [1.82, 2.24) is 0 Å². The van der Waals surface area contributed by atoms with Gasteiger partial charge in [0.15, 0.2) is 0 Å². The first kappa shape index (κ1) is 13.0. The van der Waals surface area contributed by atoms with Gasteiger partial charge in [0.05, 0.1) is 10.6 Å². The molecule has 0 fully saturated rings.